The summed E-state index contributed by atoms with van der Waals surface area (Å²) >= 11 is 0. The lowest BCUT2D eigenvalue weighted by Gasteiger charge is -2.15. The quantitative estimate of drug-likeness (QED) is 0.176. The summed E-state index contributed by atoms with van der Waals surface area (Å²) in [5.74, 6) is 1.78. The first-order valence-electron chi connectivity index (χ1n) is 19.5. The number of hydrogen-bond acceptors (Lipinski definition) is 4. The van der Waals surface area contributed by atoms with E-state index in [-0.39, 0.29) is 0 Å². The third kappa shape index (κ3) is 5.21. The molecule has 0 fully saturated rings. The molecule has 0 N–H and O–H groups in total. The normalized spacial score (nSPS) is 11.8. The summed E-state index contributed by atoms with van der Waals surface area (Å²) in [7, 11) is 0. The van der Waals surface area contributed by atoms with Crippen LogP contribution < -0.4 is 0 Å². The maximum absolute atomic E-state index is 6.59. The highest BCUT2D eigenvalue weighted by atomic mass is 16.3. The van der Waals surface area contributed by atoms with E-state index < -0.39 is 0 Å². The summed E-state index contributed by atoms with van der Waals surface area (Å²) in [6, 6.07) is 68.1. The first-order chi connectivity index (χ1) is 28.7. The van der Waals surface area contributed by atoms with Gasteiger partial charge in [0, 0.05) is 44.3 Å². The summed E-state index contributed by atoms with van der Waals surface area (Å²) in [6.07, 6.45) is 0. The third-order valence-corrected chi connectivity index (χ3v) is 11.4. The summed E-state index contributed by atoms with van der Waals surface area (Å²) in [4.78, 5) is 16.0. The Morgan fingerprint density at radius 2 is 0.948 bits per heavy atom. The van der Waals surface area contributed by atoms with Gasteiger partial charge in [0.25, 0.3) is 0 Å². The Hall–Kier alpha value is -7.89. The van der Waals surface area contributed by atoms with Crippen LogP contribution in [0.1, 0.15) is 0 Å². The SMILES string of the molecule is c1ccc(-c2cccc(-c3nc(-c4ccc5ccccc5c4)nc(-c4cc5c(cc4-n4c6ccccc6c6cc7ccccc7cc64)oc4ccccc45)n3)c2)cc1. The molecule has 0 saturated heterocycles. The molecule has 0 radical (unpaired) electrons. The molecule has 9 aromatic carbocycles. The molecule has 270 valence electrons. The van der Waals surface area contributed by atoms with Gasteiger partial charge in [0.05, 0.1) is 16.7 Å². The van der Waals surface area contributed by atoms with Crippen LogP contribution in [0.3, 0.4) is 0 Å². The van der Waals surface area contributed by atoms with E-state index in [0.717, 1.165) is 77.2 Å². The number of furan rings is 1. The van der Waals surface area contributed by atoms with Crippen molar-refractivity contribution in [3.05, 3.63) is 194 Å². The van der Waals surface area contributed by atoms with E-state index in [1.54, 1.807) is 0 Å². The van der Waals surface area contributed by atoms with E-state index in [0.29, 0.717) is 17.5 Å². The Bertz CT molecular complexity index is 3580. The average Bonchev–Trinajstić information content (AvgIpc) is 3.82. The molecular formula is C53H32N4O. The van der Waals surface area contributed by atoms with Crippen LogP contribution >= 0.6 is 0 Å². The standard InChI is InChI=1S/C53H32N4O/c1-2-13-33(14-3-1)36-19-12-20-39(27-36)51-54-52(40-26-25-34-15-4-5-16-35(34)28-40)56-53(55-51)45-31-44-42-22-9-11-24-49(42)58-50(44)32-48(45)57-46-23-10-8-21-41(46)43-29-37-17-6-7-18-38(37)30-47(43)57/h1-32H. The molecule has 0 spiro atoms. The van der Waals surface area contributed by atoms with E-state index in [9.17, 15) is 0 Å². The summed E-state index contributed by atoms with van der Waals surface area (Å²) < 4.78 is 8.95. The highest BCUT2D eigenvalue weighted by Gasteiger charge is 2.23. The number of para-hydroxylation sites is 2. The molecule has 12 rings (SSSR count). The molecule has 0 atom stereocenters. The fraction of sp³-hybridized carbons (Fsp3) is 0. The predicted molar refractivity (Wildman–Crippen MR) is 238 cm³/mol. The van der Waals surface area contributed by atoms with Gasteiger partial charge in [0.2, 0.25) is 0 Å². The van der Waals surface area contributed by atoms with Crippen molar-refractivity contribution >= 4 is 65.3 Å². The topological polar surface area (TPSA) is 56.7 Å². The molecule has 0 unspecified atom stereocenters. The molecule has 3 aromatic heterocycles. The van der Waals surface area contributed by atoms with Gasteiger partial charge in [-0.3, -0.25) is 0 Å². The Balaban J connectivity index is 1.18. The molecular weight excluding hydrogens is 709 g/mol. The van der Waals surface area contributed by atoms with Crippen molar-refractivity contribution in [1.29, 1.82) is 0 Å². The first kappa shape index (κ1) is 32.4. The first-order valence-corrected chi connectivity index (χ1v) is 19.5. The Morgan fingerprint density at radius 1 is 0.328 bits per heavy atom. The Kier molecular flexibility index (Phi) is 7.16. The molecule has 58 heavy (non-hydrogen) atoms. The van der Waals surface area contributed by atoms with Crippen molar-refractivity contribution < 1.29 is 4.42 Å². The zero-order valence-corrected chi connectivity index (χ0v) is 31.2. The molecule has 12 aromatic rings. The highest BCUT2D eigenvalue weighted by molar-refractivity contribution is 6.15. The summed E-state index contributed by atoms with van der Waals surface area (Å²) in [5, 5.41) is 9.05. The van der Waals surface area contributed by atoms with Gasteiger partial charge >= 0.3 is 0 Å². The monoisotopic (exact) mass is 740 g/mol. The molecule has 0 aliphatic heterocycles. The van der Waals surface area contributed by atoms with Gasteiger partial charge in [-0.2, -0.15) is 0 Å². The van der Waals surface area contributed by atoms with Crippen LogP contribution in [0.15, 0.2) is 199 Å². The van der Waals surface area contributed by atoms with E-state index in [2.05, 4.69) is 180 Å². The predicted octanol–water partition coefficient (Wildman–Crippen LogP) is 13.8. The molecule has 3 heterocycles. The lowest BCUT2D eigenvalue weighted by Crippen LogP contribution is -2.04. The van der Waals surface area contributed by atoms with Crippen molar-refractivity contribution in [2.24, 2.45) is 0 Å². The molecule has 0 aliphatic rings. The minimum Gasteiger partial charge on any atom is -0.456 e. The summed E-state index contributed by atoms with van der Waals surface area (Å²) in [6.45, 7) is 0. The van der Waals surface area contributed by atoms with Crippen LogP contribution in [-0.4, -0.2) is 19.5 Å². The maximum Gasteiger partial charge on any atom is 0.166 e. The fourth-order valence-electron chi connectivity index (χ4n) is 8.59. The van der Waals surface area contributed by atoms with Crippen LogP contribution in [0.2, 0.25) is 0 Å². The second-order valence-electron chi connectivity index (χ2n) is 14.8. The van der Waals surface area contributed by atoms with E-state index >= 15 is 0 Å². The maximum atomic E-state index is 6.59. The number of rotatable bonds is 5. The number of benzene rings is 9. The largest absolute Gasteiger partial charge is 0.456 e. The number of hydrogen-bond donors (Lipinski definition) is 0. The van der Waals surface area contributed by atoms with Crippen molar-refractivity contribution in [2.45, 2.75) is 0 Å². The molecule has 5 nitrogen and oxygen atoms in total. The lowest BCUT2D eigenvalue weighted by molar-refractivity contribution is 0.668. The molecule has 5 heteroatoms. The van der Waals surface area contributed by atoms with Crippen molar-refractivity contribution in [3.63, 3.8) is 0 Å². The van der Waals surface area contributed by atoms with Crippen molar-refractivity contribution in [2.75, 3.05) is 0 Å². The Morgan fingerprint density at radius 3 is 1.78 bits per heavy atom. The van der Waals surface area contributed by atoms with Gasteiger partial charge in [-0.25, -0.2) is 15.0 Å². The van der Waals surface area contributed by atoms with Gasteiger partial charge in [0.15, 0.2) is 17.5 Å². The molecule has 0 saturated carbocycles. The number of aromatic nitrogens is 4. The average molecular weight is 741 g/mol. The number of fused-ring (bicyclic) bond motifs is 8. The second-order valence-corrected chi connectivity index (χ2v) is 14.8. The van der Waals surface area contributed by atoms with Crippen LogP contribution in [-0.2, 0) is 0 Å². The van der Waals surface area contributed by atoms with E-state index in [4.69, 9.17) is 19.4 Å². The zero-order chi connectivity index (χ0) is 38.2. The second kappa shape index (κ2) is 12.8. The number of nitrogens with zero attached hydrogens (tertiary/aromatic N) is 4. The minimum atomic E-state index is 0.576. The van der Waals surface area contributed by atoms with Crippen LogP contribution in [0.25, 0.3) is 116 Å². The zero-order valence-electron chi connectivity index (χ0n) is 31.2. The van der Waals surface area contributed by atoms with Gasteiger partial charge in [0.1, 0.15) is 11.2 Å². The molecule has 0 aliphatic carbocycles. The van der Waals surface area contributed by atoms with Crippen molar-refractivity contribution in [1.82, 2.24) is 19.5 Å². The van der Waals surface area contributed by atoms with E-state index in [1.165, 1.54) is 21.5 Å². The van der Waals surface area contributed by atoms with Crippen LogP contribution in [0.5, 0.6) is 0 Å². The Labute approximate surface area is 333 Å². The van der Waals surface area contributed by atoms with Crippen molar-refractivity contribution in [3.8, 4) is 51.0 Å². The van der Waals surface area contributed by atoms with Crippen LogP contribution in [0, 0.1) is 0 Å². The van der Waals surface area contributed by atoms with Gasteiger partial charge in [-0.1, -0.05) is 146 Å². The third-order valence-electron chi connectivity index (χ3n) is 11.4. The molecule has 0 bridgehead atoms. The highest BCUT2D eigenvalue weighted by Crippen LogP contribution is 2.42. The fourth-order valence-corrected chi connectivity index (χ4v) is 8.59. The summed E-state index contributed by atoms with van der Waals surface area (Å²) in [5.41, 5.74) is 9.66. The minimum absolute atomic E-state index is 0.576. The molecule has 0 amide bonds. The van der Waals surface area contributed by atoms with Gasteiger partial charge in [-0.15, -0.1) is 0 Å². The van der Waals surface area contributed by atoms with Gasteiger partial charge in [-0.05, 0) is 75.1 Å². The van der Waals surface area contributed by atoms with E-state index in [1.807, 2.05) is 18.2 Å². The van der Waals surface area contributed by atoms with Crippen LogP contribution in [0.4, 0.5) is 0 Å². The lowest BCUT2D eigenvalue weighted by atomic mass is 10.0. The van der Waals surface area contributed by atoms with Gasteiger partial charge < -0.3 is 8.98 Å². The smallest absolute Gasteiger partial charge is 0.166 e.